The van der Waals surface area contributed by atoms with Gasteiger partial charge in [0.2, 0.25) is 17.7 Å². The van der Waals surface area contributed by atoms with Crippen LogP contribution in [0.1, 0.15) is 0 Å². The first-order chi connectivity index (χ1) is 9.21. The highest BCUT2D eigenvalue weighted by atomic mass is 32.2. The number of Topliss-reactive ketones (excluding diaryl/α,β-unsaturated/α-hetero) is 1. The summed E-state index contributed by atoms with van der Waals surface area (Å²) in [7, 11) is -4.37. The van der Waals surface area contributed by atoms with Crippen molar-refractivity contribution in [3.05, 3.63) is 24.3 Å². The topological polar surface area (TPSA) is 145 Å². The van der Waals surface area contributed by atoms with Crippen molar-refractivity contribution in [2.45, 2.75) is 11.1 Å². The molecule has 20 heavy (non-hydrogen) atoms. The van der Waals surface area contributed by atoms with Gasteiger partial charge >= 0.3 is 5.97 Å². The van der Waals surface area contributed by atoms with E-state index in [1.165, 1.54) is 0 Å². The number of carboxylic acid groups (broad SMARTS) is 1. The van der Waals surface area contributed by atoms with E-state index in [2.05, 4.69) is 5.10 Å². The van der Waals surface area contributed by atoms with Crippen molar-refractivity contribution in [1.29, 1.82) is 0 Å². The highest BCUT2D eigenvalue weighted by molar-refractivity contribution is 7.85. The van der Waals surface area contributed by atoms with Crippen LogP contribution in [-0.4, -0.2) is 46.9 Å². The van der Waals surface area contributed by atoms with Gasteiger partial charge in [0.25, 0.3) is 10.1 Å². The van der Waals surface area contributed by atoms with Gasteiger partial charge in [-0.05, 0) is 24.3 Å². The summed E-state index contributed by atoms with van der Waals surface area (Å²) in [6.45, 7) is 0. The lowest BCUT2D eigenvalue weighted by atomic mass is 10.2. The number of aliphatic carboxylic acids is 1. The average molecular weight is 300 g/mol. The molecule has 1 aliphatic rings. The minimum absolute atomic E-state index is 0.0921. The molecule has 0 fully saturated rings. The van der Waals surface area contributed by atoms with E-state index in [9.17, 15) is 23.1 Å². The van der Waals surface area contributed by atoms with Crippen LogP contribution in [0.5, 0.6) is 0 Å². The van der Waals surface area contributed by atoms with E-state index in [0.29, 0.717) is 0 Å². The maximum atomic E-state index is 11.4. The monoisotopic (exact) mass is 300 g/mol. The van der Waals surface area contributed by atoms with Gasteiger partial charge in [-0.1, -0.05) is 0 Å². The van der Waals surface area contributed by atoms with Crippen molar-refractivity contribution in [1.82, 2.24) is 0 Å². The molecule has 1 aliphatic heterocycles. The van der Waals surface area contributed by atoms with Gasteiger partial charge in [0, 0.05) is 0 Å². The predicted octanol–water partition coefficient (Wildman–Crippen LogP) is -0.919. The lowest BCUT2D eigenvalue weighted by Gasteiger charge is -2.17. The summed E-state index contributed by atoms with van der Waals surface area (Å²) in [5.41, 5.74) is -0.731. The first-order valence-electron chi connectivity index (χ1n) is 5.13. The number of aliphatic hydroxyl groups is 1. The zero-order valence-electron chi connectivity index (χ0n) is 9.66. The third-order valence-electron chi connectivity index (χ3n) is 2.51. The number of ketones is 1. The predicted molar refractivity (Wildman–Crippen MR) is 64.8 cm³/mol. The Morgan fingerprint density at radius 1 is 1.25 bits per heavy atom. The first-order valence-corrected chi connectivity index (χ1v) is 6.57. The van der Waals surface area contributed by atoms with Crippen molar-refractivity contribution in [2.24, 2.45) is 5.10 Å². The van der Waals surface area contributed by atoms with E-state index in [1.807, 2.05) is 0 Å². The second kappa shape index (κ2) is 4.67. The Bertz CT molecular complexity index is 708. The van der Waals surface area contributed by atoms with Crippen molar-refractivity contribution in [2.75, 3.05) is 5.01 Å². The van der Waals surface area contributed by atoms with Crippen molar-refractivity contribution >= 4 is 33.3 Å². The molecule has 0 aliphatic carbocycles. The van der Waals surface area contributed by atoms with Gasteiger partial charge in [0.15, 0.2) is 0 Å². The summed E-state index contributed by atoms with van der Waals surface area (Å²) in [6.07, 6.45) is -1.79. The zero-order chi connectivity index (χ0) is 15.1. The average Bonchev–Trinajstić information content (AvgIpc) is 2.66. The number of carbonyl (C=O) groups excluding carboxylic acids is 1. The third-order valence-corrected chi connectivity index (χ3v) is 3.38. The van der Waals surface area contributed by atoms with Crippen LogP contribution in [-0.2, 0) is 19.7 Å². The fourth-order valence-electron chi connectivity index (χ4n) is 1.56. The normalized spacial score (nSPS) is 19.1. The Labute approximate surface area is 112 Å². The maximum absolute atomic E-state index is 11.4. The van der Waals surface area contributed by atoms with Crippen LogP contribution in [0.25, 0.3) is 0 Å². The largest absolute Gasteiger partial charge is 0.476 e. The molecule has 1 atom stereocenters. The van der Waals surface area contributed by atoms with Crippen LogP contribution < -0.4 is 5.01 Å². The number of aliphatic hydroxyl groups excluding tert-OH is 1. The number of anilines is 1. The fourth-order valence-corrected chi connectivity index (χ4v) is 2.04. The van der Waals surface area contributed by atoms with Crippen LogP contribution in [0.4, 0.5) is 5.69 Å². The number of nitrogens with zero attached hydrogens (tertiary/aromatic N) is 2. The number of hydrogen-bond donors (Lipinski definition) is 3. The van der Waals surface area contributed by atoms with Crippen LogP contribution in [0, 0.1) is 0 Å². The molecule has 106 valence electrons. The maximum Gasteiger partial charge on any atom is 0.360 e. The van der Waals surface area contributed by atoms with Crippen molar-refractivity contribution in [3.8, 4) is 0 Å². The van der Waals surface area contributed by atoms with E-state index in [1.54, 1.807) is 0 Å². The Morgan fingerprint density at radius 3 is 2.20 bits per heavy atom. The van der Waals surface area contributed by atoms with Crippen LogP contribution in [0.15, 0.2) is 34.3 Å². The van der Waals surface area contributed by atoms with Gasteiger partial charge in [-0.15, -0.1) is 0 Å². The second-order valence-electron chi connectivity index (χ2n) is 3.81. The molecule has 3 N–H and O–H groups in total. The Kier molecular flexibility index (Phi) is 3.29. The zero-order valence-corrected chi connectivity index (χ0v) is 10.5. The number of carbonyl (C=O) groups is 2. The van der Waals surface area contributed by atoms with E-state index in [-0.39, 0.29) is 10.6 Å². The van der Waals surface area contributed by atoms with Gasteiger partial charge in [-0.3, -0.25) is 9.35 Å². The van der Waals surface area contributed by atoms with Gasteiger partial charge in [0.05, 0.1) is 10.6 Å². The Balaban J connectivity index is 2.38. The lowest BCUT2D eigenvalue weighted by molar-refractivity contribution is -0.130. The van der Waals surface area contributed by atoms with Crippen LogP contribution >= 0.6 is 0 Å². The molecule has 1 heterocycles. The molecule has 0 saturated carbocycles. The Hall–Kier alpha value is -2.30. The minimum Gasteiger partial charge on any atom is -0.476 e. The summed E-state index contributed by atoms with van der Waals surface area (Å²) < 4.78 is 30.5. The standard InChI is InChI=1S/C10H8N2O7S/c13-8-7(10(15)16)11-12(9(8)14)5-1-3-6(4-2-5)20(17,18)19/h1-4,9,14H,(H,15,16)(H,17,18,19). The molecule has 0 radical (unpaired) electrons. The minimum atomic E-state index is -4.37. The Morgan fingerprint density at radius 2 is 1.80 bits per heavy atom. The molecule has 1 aromatic rings. The molecule has 9 nitrogen and oxygen atoms in total. The number of benzene rings is 1. The lowest BCUT2D eigenvalue weighted by Crippen LogP contribution is -2.34. The van der Waals surface area contributed by atoms with Gasteiger partial charge in [-0.25, -0.2) is 9.80 Å². The molecule has 10 heteroatoms. The fraction of sp³-hybridized carbons (Fsp3) is 0.100. The summed E-state index contributed by atoms with van der Waals surface area (Å²) >= 11 is 0. The molecule has 2 rings (SSSR count). The second-order valence-corrected chi connectivity index (χ2v) is 5.23. The summed E-state index contributed by atoms with van der Waals surface area (Å²) in [5.74, 6) is -2.65. The van der Waals surface area contributed by atoms with Crippen LogP contribution in [0.2, 0.25) is 0 Å². The molecule has 1 unspecified atom stereocenters. The van der Waals surface area contributed by atoms with Gasteiger partial charge in [0.1, 0.15) is 0 Å². The molecular formula is C10H8N2O7S. The molecule has 0 saturated heterocycles. The smallest absolute Gasteiger partial charge is 0.360 e. The van der Waals surface area contributed by atoms with E-state index < -0.39 is 33.8 Å². The molecule has 0 amide bonds. The quantitative estimate of drug-likeness (QED) is 0.608. The number of hydrogen-bond acceptors (Lipinski definition) is 7. The third kappa shape index (κ3) is 2.39. The molecule has 0 spiro atoms. The SMILES string of the molecule is O=C(O)C1=NN(c2ccc(S(=O)(=O)O)cc2)C(O)C1=O. The molecule has 0 bridgehead atoms. The number of carboxylic acids is 1. The van der Waals surface area contributed by atoms with Gasteiger partial charge in [-0.2, -0.15) is 13.5 Å². The summed E-state index contributed by atoms with van der Waals surface area (Å²) in [5, 5.41) is 22.5. The van der Waals surface area contributed by atoms with E-state index in [0.717, 1.165) is 29.3 Å². The molecule has 1 aromatic carbocycles. The van der Waals surface area contributed by atoms with E-state index in [4.69, 9.17) is 9.66 Å². The van der Waals surface area contributed by atoms with Gasteiger partial charge < -0.3 is 10.2 Å². The van der Waals surface area contributed by atoms with Crippen molar-refractivity contribution in [3.63, 3.8) is 0 Å². The number of hydrazone groups is 1. The first kappa shape index (κ1) is 14.1. The molecule has 0 aromatic heterocycles. The molecular weight excluding hydrogens is 292 g/mol. The highest BCUT2D eigenvalue weighted by Gasteiger charge is 2.38. The number of rotatable bonds is 3. The highest BCUT2D eigenvalue weighted by Crippen LogP contribution is 2.23. The van der Waals surface area contributed by atoms with E-state index >= 15 is 0 Å². The summed E-state index contributed by atoms with van der Waals surface area (Å²) in [4.78, 5) is 21.8. The van der Waals surface area contributed by atoms with Crippen LogP contribution in [0.3, 0.4) is 0 Å². The summed E-state index contributed by atoms with van der Waals surface area (Å²) in [6, 6.07) is 4.37. The van der Waals surface area contributed by atoms with Crippen molar-refractivity contribution < 1.29 is 32.8 Å².